The van der Waals surface area contributed by atoms with Crippen LogP contribution in [0.1, 0.15) is 53.1 Å². The molecule has 0 saturated heterocycles. The Morgan fingerprint density at radius 2 is 1.76 bits per heavy atom. The van der Waals surface area contributed by atoms with E-state index in [0.717, 1.165) is 40.2 Å². The van der Waals surface area contributed by atoms with Gasteiger partial charge in [-0.25, -0.2) is 0 Å². The number of aromatic nitrogens is 1. The molecule has 0 spiro atoms. The Bertz CT molecular complexity index is 838. The Labute approximate surface area is 148 Å². The van der Waals surface area contributed by atoms with Crippen LogP contribution in [0.5, 0.6) is 0 Å². The quantitative estimate of drug-likeness (QED) is 0.795. The summed E-state index contributed by atoms with van der Waals surface area (Å²) < 4.78 is 6.94. The maximum atomic E-state index is 12.7. The molecule has 0 bridgehead atoms. The molecule has 4 nitrogen and oxygen atoms in total. The standard InChI is InChI=1S/C21H25NO3/c1-13-6-14(2)8-15(7-13)22-16(10-20(24)25-5)9-17-18(22)11-21(3,4)12-19(17)23/h6-9H,10-12H2,1-5H3. The van der Waals surface area contributed by atoms with E-state index in [4.69, 9.17) is 4.74 Å². The Morgan fingerprint density at radius 3 is 2.36 bits per heavy atom. The van der Waals surface area contributed by atoms with E-state index < -0.39 is 0 Å². The number of rotatable bonds is 3. The summed E-state index contributed by atoms with van der Waals surface area (Å²) >= 11 is 0. The molecule has 0 radical (unpaired) electrons. The van der Waals surface area contributed by atoms with Gasteiger partial charge in [0.15, 0.2) is 5.78 Å². The van der Waals surface area contributed by atoms with Gasteiger partial charge in [0.05, 0.1) is 13.5 Å². The number of ether oxygens (including phenoxy) is 1. The number of Topliss-reactive ketones (excluding diaryl/α,β-unsaturated/α-hetero) is 1. The fourth-order valence-corrected chi connectivity index (χ4v) is 3.82. The number of nitrogens with zero attached hydrogens (tertiary/aromatic N) is 1. The zero-order valence-electron chi connectivity index (χ0n) is 15.6. The van der Waals surface area contributed by atoms with Gasteiger partial charge in [0, 0.05) is 29.1 Å². The summed E-state index contributed by atoms with van der Waals surface area (Å²) in [5.74, 6) is -0.146. The fraction of sp³-hybridized carbons (Fsp3) is 0.429. The number of esters is 1. The minimum Gasteiger partial charge on any atom is -0.469 e. The predicted octanol–water partition coefficient (Wildman–Crippen LogP) is 3.96. The van der Waals surface area contributed by atoms with Crippen molar-refractivity contribution in [2.24, 2.45) is 5.41 Å². The van der Waals surface area contributed by atoms with E-state index in [1.54, 1.807) is 0 Å². The second-order valence-electron chi connectivity index (χ2n) is 7.87. The lowest BCUT2D eigenvalue weighted by Gasteiger charge is -2.30. The average Bonchev–Trinajstić information content (AvgIpc) is 2.83. The van der Waals surface area contributed by atoms with Crippen molar-refractivity contribution < 1.29 is 14.3 Å². The Balaban J connectivity index is 2.23. The van der Waals surface area contributed by atoms with Crippen LogP contribution in [0.25, 0.3) is 5.69 Å². The van der Waals surface area contributed by atoms with Gasteiger partial charge in [0.2, 0.25) is 0 Å². The SMILES string of the molecule is COC(=O)Cc1cc2c(n1-c1cc(C)cc(C)c1)CC(C)(C)CC2=O. The van der Waals surface area contributed by atoms with E-state index in [1.807, 2.05) is 6.07 Å². The van der Waals surface area contributed by atoms with Gasteiger partial charge in [-0.1, -0.05) is 19.9 Å². The summed E-state index contributed by atoms with van der Waals surface area (Å²) in [6, 6.07) is 8.19. The molecule has 3 rings (SSSR count). The van der Waals surface area contributed by atoms with Gasteiger partial charge in [-0.05, 0) is 55.0 Å². The second-order valence-corrected chi connectivity index (χ2v) is 7.87. The lowest BCUT2D eigenvalue weighted by Crippen LogP contribution is -2.28. The summed E-state index contributed by atoms with van der Waals surface area (Å²) in [7, 11) is 1.39. The number of fused-ring (bicyclic) bond motifs is 1. The molecule has 0 N–H and O–H groups in total. The molecular formula is C21H25NO3. The van der Waals surface area contributed by atoms with Gasteiger partial charge in [-0.2, -0.15) is 0 Å². The maximum absolute atomic E-state index is 12.7. The molecule has 0 atom stereocenters. The number of hydrogen-bond donors (Lipinski definition) is 0. The van der Waals surface area contributed by atoms with Crippen LogP contribution in [-0.2, 0) is 22.4 Å². The van der Waals surface area contributed by atoms with Crippen molar-refractivity contribution in [1.82, 2.24) is 4.57 Å². The summed E-state index contributed by atoms with van der Waals surface area (Å²) in [5, 5.41) is 0. The average molecular weight is 339 g/mol. The number of methoxy groups -OCH3 is 1. The molecule has 2 aromatic rings. The van der Waals surface area contributed by atoms with E-state index in [1.165, 1.54) is 7.11 Å². The third kappa shape index (κ3) is 3.39. The lowest BCUT2D eigenvalue weighted by molar-refractivity contribution is -0.139. The van der Waals surface area contributed by atoms with Crippen LogP contribution in [-0.4, -0.2) is 23.4 Å². The highest BCUT2D eigenvalue weighted by atomic mass is 16.5. The highest BCUT2D eigenvalue weighted by Crippen LogP contribution is 2.38. The van der Waals surface area contributed by atoms with Crippen LogP contribution in [0.3, 0.4) is 0 Å². The Hall–Kier alpha value is -2.36. The van der Waals surface area contributed by atoms with Crippen LogP contribution in [0.4, 0.5) is 0 Å². The maximum Gasteiger partial charge on any atom is 0.311 e. The number of benzene rings is 1. The molecule has 0 unspecified atom stereocenters. The van der Waals surface area contributed by atoms with Crippen LogP contribution >= 0.6 is 0 Å². The van der Waals surface area contributed by atoms with Gasteiger partial charge in [0.1, 0.15) is 0 Å². The van der Waals surface area contributed by atoms with Gasteiger partial charge in [0.25, 0.3) is 0 Å². The molecule has 0 fully saturated rings. The topological polar surface area (TPSA) is 48.3 Å². The first-order valence-electron chi connectivity index (χ1n) is 8.62. The minimum atomic E-state index is -0.299. The van der Waals surface area contributed by atoms with Crippen LogP contribution < -0.4 is 0 Å². The molecule has 1 heterocycles. The van der Waals surface area contributed by atoms with Crippen molar-refractivity contribution in [2.45, 2.75) is 47.0 Å². The molecule has 132 valence electrons. The summed E-state index contributed by atoms with van der Waals surface area (Å²) in [6.07, 6.45) is 1.50. The molecule has 0 amide bonds. The van der Waals surface area contributed by atoms with Crippen LogP contribution in [0, 0.1) is 19.3 Å². The van der Waals surface area contributed by atoms with E-state index in [-0.39, 0.29) is 23.6 Å². The minimum absolute atomic E-state index is 0.0818. The van der Waals surface area contributed by atoms with Crippen molar-refractivity contribution in [3.05, 3.63) is 52.3 Å². The second kappa shape index (κ2) is 6.17. The largest absolute Gasteiger partial charge is 0.469 e. The fourth-order valence-electron chi connectivity index (χ4n) is 3.82. The van der Waals surface area contributed by atoms with Crippen molar-refractivity contribution >= 4 is 11.8 Å². The Morgan fingerprint density at radius 1 is 1.12 bits per heavy atom. The molecule has 1 aliphatic carbocycles. The summed E-state index contributed by atoms with van der Waals surface area (Å²) in [5.41, 5.74) is 5.80. The molecular weight excluding hydrogens is 314 g/mol. The molecule has 25 heavy (non-hydrogen) atoms. The van der Waals surface area contributed by atoms with Gasteiger partial charge < -0.3 is 9.30 Å². The normalized spacial score (nSPS) is 15.8. The molecule has 1 aromatic heterocycles. The highest BCUT2D eigenvalue weighted by molar-refractivity contribution is 5.99. The number of aryl methyl sites for hydroxylation is 2. The monoisotopic (exact) mass is 339 g/mol. The molecule has 1 aliphatic rings. The first-order valence-corrected chi connectivity index (χ1v) is 8.62. The first kappa shape index (κ1) is 17.5. The number of ketones is 1. The van der Waals surface area contributed by atoms with E-state index in [9.17, 15) is 9.59 Å². The van der Waals surface area contributed by atoms with Gasteiger partial charge in [-0.3, -0.25) is 9.59 Å². The molecule has 1 aromatic carbocycles. The van der Waals surface area contributed by atoms with Crippen LogP contribution in [0.2, 0.25) is 0 Å². The summed E-state index contributed by atoms with van der Waals surface area (Å²) in [4.78, 5) is 24.6. The van der Waals surface area contributed by atoms with Crippen molar-refractivity contribution in [1.29, 1.82) is 0 Å². The molecule has 0 aliphatic heterocycles. The number of carbonyl (C=O) groups excluding carboxylic acids is 2. The van der Waals surface area contributed by atoms with Crippen molar-refractivity contribution in [2.75, 3.05) is 7.11 Å². The summed E-state index contributed by atoms with van der Waals surface area (Å²) in [6.45, 7) is 8.35. The molecule has 0 saturated carbocycles. The van der Waals surface area contributed by atoms with E-state index >= 15 is 0 Å². The van der Waals surface area contributed by atoms with E-state index in [0.29, 0.717) is 6.42 Å². The van der Waals surface area contributed by atoms with E-state index in [2.05, 4.69) is 50.5 Å². The van der Waals surface area contributed by atoms with Gasteiger partial charge in [-0.15, -0.1) is 0 Å². The van der Waals surface area contributed by atoms with Crippen LogP contribution in [0.15, 0.2) is 24.3 Å². The van der Waals surface area contributed by atoms with Crippen molar-refractivity contribution in [3.8, 4) is 5.69 Å². The molecule has 4 heteroatoms. The first-order chi connectivity index (χ1) is 11.7. The third-order valence-corrected chi connectivity index (χ3v) is 4.78. The smallest absolute Gasteiger partial charge is 0.311 e. The zero-order chi connectivity index (χ0) is 18.4. The lowest BCUT2D eigenvalue weighted by atomic mass is 9.76. The number of hydrogen-bond acceptors (Lipinski definition) is 3. The highest BCUT2D eigenvalue weighted by Gasteiger charge is 2.35. The van der Waals surface area contributed by atoms with Gasteiger partial charge >= 0.3 is 5.97 Å². The number of carbonyl (C=O) groups is 2. The Kier molecular flexibility index (Phi) is 4.31. The predicted molar refractivity (Wildman–Crippen MR) is 97.4 cm³/mol. The zero-order valence-corrected chi connectivity index (χ0v) is 15.6. The van der Waals surface area contributed by atoms with Crippen molar-refractivity contribution in [3.63, 3.8) is 0 Å². The third-order valence-electron chi connectivity index (χ3n) is 4.78.